The van der Waals surface area contributed by atoms with E-state index < -0.39 is 21.7 Å². The lowest BCUT2D eigenvalue weighted by molar-refractivity contribution is 0.580. The van der Waals surface area contributed by atoms with Gasteiger partial charge in [0.1, 0.15) is 11.6 Å². The second-order valence-corrected chi connectivity index (χ2v) is 8.62. The molecule has 7 nitrogen and oxygen atoms in total. The lowest BCUT2D eigenvalue weighted by Gasteiger charge is -2.21. The lowest BCUT2D eigenvalue weighted by atomic mass is 10.2. The van der Waals surface area contributed by atoms with Crippen LogP contribution in [0.4, 0.5) is 14.5 Å². The molecule has 31 heavy (non-hydrogen) atoms. The van der Waals surface area contributed by atoms with E-state index in [0.29, 0.717) is 36.8 Å². The van der Waals surface area contributed by atoms with E-state index in [9.17, 15) is 17.2 Å². The molecule has 0 aliphatic carbocycles. The molecule has 1 heterocycles. The molecule has 1 unspecified atom stereocenters. The van der Waals surface area contributed by atoms with Crippen molar-refractivity contribution in [2.24, 2.45) is 10.1 Å². The van der Waals surface area contributed by atoms with Crippen LogP contribution in [0.1, 0.15) is 18.9 Å². The molecule has 2 aromatic rings. The summed E-state index contributed by atoms with van der Waals surface area (Å²) in [4.78, 5) is 6.42. The smallest absolute Gasteiger partial charge is 0.238 e. The molecule has 4 N–H and O–H groups in total. The molecule has 1 saturated heterocycles. The summed E-state index contributed by atoms with van der Waals surface area (Å²) in [5, 5.41) is 11.6. The van der Waals surface area contributed by atoms with E-state index in [1.165, 1.54) is 24.3 Å². The summed E-state index contributed by atoms with van der Waals surface area (Å²) < 4.78 is 50.2. The normalized spacial score (nSPS) is 16.7. The minimum Gasteiger partial charge on any atom is -0.367 e. The molecule has 3 rings (SSSR count). The first-order chi connectivity index (χ1) is 14.3. The number of guanidine groups is 1. The van der Waals surface area contributed by atoms with E-state index in [1.807, 2.05) is 11.8 Å². The zero-order chi connectivity index (χ0) is 21.7. The number of halogens is 3. The third-order valence-corrected chi connectivity index (χ3v) is 5.68. The van der Waals surface area contributed by atoms with Crippen molar-refractivity contribution in [1.82, 2.24) is 10.6 Å². The number of nitrogens with one attached hydrogen (secondary N) is 2. The third kappa shape index (κ3) is 7.01. The molecule has 0 bridgehead atoms. The van der Waals surface area contributed by atoms with Gasteiger partial charge in [-0.1, -0.05) is 12.1 Å². The van der Waals surface area contributed by atoms with Crippen LogP contribution in [0.25, 0.3) is 0 Å². The Balaban J connectivity index is 0.00000341. The second-order valence-electron chi connectivity index (χ2n) is 7.06. The summed E-state index contributed by atoms with van der Waals surface area (Å²) >= 11 is 0. The van der Waals surface area contributed by atoms with Gasteiger partial charge in [0.25, 0.3) is 0 Å². The Bertz CT molecular complexity index is 1040. The Morgan fingerprint density at radius 2 is 2.03 bits per heavy atom. The summed E-state index contributed by atoms with van der Waals surface area (Å²) in [7, 11) is -3.77. The van der Waals surface area contributed by atoms with Crippen LogP contribution in [0.3, 0.4) is 0 Å². The molecule has 1 fully saturated rings. The Labute approximate surface area is 198 Å². The van der Waals surface area contributed by atoms with Gasteiger partial charge in [-0.15, -0.1) is 24.0 Å². The molecule has 2 aromatic carbocycles. The highest BCUT2D eigenvalue weighted by Gasteiger charge is 2.25. The number of benzene rings is 2. The molecule has 0 spiro atoms. The molecular formula is C20H26F2IN5O2S. The van der Waals surface area contributed by atoms with Crippen LogP contribution in [-0.2, 0) is 16.6 Å². The van der Waals surface area contributed by atoms with Crippen LogP contribution < -0.4 is 20.7 Å². The summed E-state index contributed by atoms with van der Waals surface area (Å²) in [6, 6.07) is 9.95. The fourth-order valence-electron chi connectivity index (χ4n) is 3.34. The average molecular weight is 565 g/mol. The highest BCUT2D eigenvalue weighted by atomic mass is 127. The minimum absolute atomic E-state index is 0. The van der Waals surface area contributed by atoms with Crippen LogP contribution in [0.15, 0.2) is 52.4 Å². The summed E-state index contributed by atoms with van der Waals surface area (Å²) in [6.45, 7) is 4.03. The van der Waals surface area contributed by atoms with Crippen molar-refractivity contribution < 1.29 is 17.2 Å². The van der Waals surface area contributed by atoms with E-state index in [4.69, 9.17) is 5.14 Å². The standard InChI is InChI=1S/C20H25F2N5O2S.HI/c1-2-24-20(25-12-14-4-3-5-17(10-14)30(23,28)29)26-16-8-9-27(13-16)19-7-6-15(21)11-18(19)22;/h3-7,10-11,16H,2,8-9,12-13H2,1H3,(H2,23,28,29)(H2,24,25,26);1H. The maximum Gasteiger partial charge on any atom is 0.238 e. The van der Waals surface area contributed by atoms with Gasteiger partial charge in [-0.05, 0) is 43.2 Å². The molecule has 1 aliphatic rings. The van der Waals surface area contributed by atoms with Gasteiger partial charge in [0.05, 0.1) is 17.1 Å². The number of nitrogens with two attached hydrogens (primary N) is 1. The fraction of sp³-hybridized carbons (Fsp3) is 0.350. The minimum atomic E-state index is -3.77. The van der Waals surface area contributed by atoms with Gasteiger partial charge in [0, 0.05) is 31.7 Å². The van der Waals surface area contributed by atoms with Crippen molar-refractivity contribution in [3.05, 3.63) is 59.7 Å². The number of primary sulfonamides is 1. The number of anilines is 1. The van der Waals surface area contributed by atoms with E-state index >= 15 is 0 Å². The van der Waals surface area contributed by atoms with E-state index in [-0.39, 0.29) is 41.5 Å². The second kappa shape index (κ2) is 11.0. The predicted molar refractivity (Wildman–Crippen MR) is 128 cm³/mol. The van der Waals surface area contributed by atoms with Crippen LogP contribution in [0.5, 0.6) is 0 Å². The first-order valence-electron chi connectivity index (χ1n) is 9.63. The number of hydrogen-bond donors (Lipinski definition) is 3. The molecule has 11 heteroatoms. The first kappa shape index (κ1) is 25.3. The average Bonchev–Trinajstić information content (AvgIpc) is 3.14. The molecule has 0 saturated carbocycles. The summed E-state index contributed by atoms with van der Waals surface area (Å²) in [6.07, 6.45) is 0.766. The highest BCUT2D eigenvalue weighted by molar-refractivity contribution is 14.0. The number of nitrogens with zero attached hydrogens (tertiary/aromatic N) is 2. The van der Waals surface area contributed by atoms with Crippen LogP contribution in [-0.4, -0.2) is 40.1 Å². The number of rotatable bonds is 6. The van der Waals surface area contributed by atoms with E-state index in [0.717, 1.165) is 12.5 Å². The first-order valence-corrected chi connectivity index (χ1v) is 11.2. The number of aliphatic imine (C=N–C) groups is 1. The van der Waals surface area contributed by atoms with Crippen LogP contribution in [0, 0.1) is 11.6 Å². The summed E-state index contributed by atoms with van der Waals surface area (Å²) in [5.74, 6) is -0.603. The van der Waals surface area contributed by atoms with Gasteiger partial charge in [-0.3, -0.25) is 0 Å². The molecule has 0 radical (unpaired) electrons. The van der Waals surface area contributed by atoms with Gasteiger partial charge in [-0.25, -0.2) is 27.3 Å². The molecular weight excluding hydrogens is 539 g/mol. The number of hydrogen-bond acceptors (Lipinski definition) is 4. The van der Waals surface area contributed by atoms with Gasteiger partial charge >= 0.3 is 0 Å². The number of sulfonamides is 1. The largest absolute Gasteiger partial charge is 0.367 e. The van der Waals surface area contributed by atoms with Gasteiger partial charge < -0.3 is 15.5 Å². The van der Waals surface area contributed by atoms with Gasteiger partial charge in [0.2, 0.25) is 10.0 Å². The van der Waals surface area contributed by atoms with Crippen molar-refractivity contribution in [3.63, 3.8) is 0 Å². The molecule has 0 amide bonds. The molecule has 0 aromatic heterocycles. The Morgan fingerprint density at radius 1 is 1.26 bits per heavy atom. The van der Waals surface area contributed by atoms with Crippen molar-refractivity contribution in [2.75, 3.05) is 24.5 Å². The fourth-order valence-corrected chi connectivity index (χ4v) is 3.92. The molecule has 170 valence electrons. The molecule has 1 atom stereocenters. The van der Waals surface area contributed by atoms with Gasteiger partial charge in [0.15, 0.2) is 5.96 Å². The molecule has 1 aliphatic heterocycles. The monoisotopic (exact) mass is 565 g/mol. The van der Waals surface area contributed by atoms with Crippen molar-refractivity contribution >= 4 is 45.6 Å². The predicted octanol–water partition coefficient (Wildman–Crippen LogP) is 2.56. The van der Waals surface area contributed by atoms with E-state index in [1.54, 1.807) is 12.1 Å². The van der Waals surface area contributed by atoms with Crippen LogP contribution >= 0.6 is 24.0 Å². The van der Waals surface area contributed by atoms with Gasteiger partial charge in [-0.2, -0.15) is 0 Å². The Hall–Kier alpha value is -1.99. The zero-order valence-electron chi connectivity index (χ0n) is 17.0. The van der Waals surface area contributed by atoms with Crippen LogP contribution in [0.2, 0.25) is 0 Å². The maximum atomic E-state index is 14.0. The SMILES string of the molecule is CCNC(=NCc1cccc(S(N)(=O)=O)c1)NC1CCN(c2ccc(F)cc2F)C1.I. The Morgan fingerprint density at radius 3 is 2.71 bits per heavy atom. The lowest BCUT2D eigenvalue weighted by Crippen LogP contribution is -2.44. The van der Waals surface area contributed by atoms with Crippen molar-refractivity contribution in [1.29, 1.82) is 0 Å². The van der Waals surface area contributed by atoms with Crippen molar-refractivity contribution in [2.45, 2.75) is 30.8 Å². The summed E-state index contributed by atoms with van der Waals surface area (Å²) in [5.41, 5.74) is 1.09. The van der Waals surface area contributed by atoms with E-state index in [2.05, 4.69) is 15.6 Å². The van der Waals surface area contributed by atoms with Crippen molar-refractivity contribution in [3.8, 4) is 0 Å². The topological polar surface area (TPSA) is 99.8 Å². The zero-order valence-corrected chi connectivity index (χ0v) is 20.2. The Kier molecular flexibility index (Phi) is 9.01. The quantitative estimate of drug-likeness (QED) is 0.284. The maximum absolute atomic E-state index is 14.0. The third-order valence-electron chi connectivity index (χ3n) is 4.77. The highest BCUT2D eigenvalue weighted by Crippen LogP contribution is 2.24.